The van der Waals surface area contributed by atoms with Crippen LogP contribution in [0.5, 0.6) is 0 Å². The first-order chi connectivity index (χ1) is 10.0. The zero-order valence-electron chi connectivity index (χ0n) is 12.4. The molecule has 2 unspecified atom stereocenters. The SMILES string of the molecule is CC1CCCNC1C(=O)N(C)Cc1ccccc1[N+](=O)[O-]. The van der Waals surface area contributed by atoms with E-state index in [2.05, 4.69) is 12.2 Å². The minimum atomic E-state index is -0.408. The zero-order chi connectivity index (χ0) is 15.4. The van der Waals surface area contributed by atoms with Crippen LogP contribution in [0, 0.1) is 16.0 Å². The molecular formula is C15H21N3O3. The van der Waals surface area contributed by atoms with Gasteiger partial charge in [-0.3, -0.25) is 14.9 Å². The van der Waals surface area contributed by atoms with E-state index in [4.69, 9.17) is 0 Å². The predicted octanol–water partition coefficient (Wildman–Crippen LogP) is 1.94. The summed E-state index contributed by atoms with van der Waals surface area (Å²) in [7, 11) is 1.70. The van der Waals surface area contributed by atoms with Crippen LogP contribution in [0.1, 0.15) is 25.3 Å². The van der Waals surface area contributed by atoms with Crippen LogP contribution in [0.3, 0.4) is 0 Å². The van der Waals surface area contributed by atoms with Crippen molar-refractivity contribution in [2.24, 2.45) is 5.92 Å². The van der Waals surface area contributed by atoms with Crippen LogP contribution in [0.2, 0.25) is 0 Å². The van der Waals surface area contributed by atoms with E-state index in [0.29, 0.717) is 11.5 Å². The van der Waals surface area contributed by atoms with Crippen molar-refractivity contribution in [3.63, 3.8) is 0 Å². The van der Waals surface area contributed by atoms with Crippen molar-refractivity contribution in [3.05, 3.63) is 39.9 Å². The Labute approximate surface area is 124 Å². The number of hydrogen-bond donors (Lipinski definition) is 1. The maximum atomic E-state index is 12.5. The standard InChI is InChI=1S/C15H21N3O3/c1-11-6-5-9-16-14(11)15(19)17(2)10-12-7-3-4-8-13(12)18(20)21/h3-4,7-8,11,14,16H,5-6,9-10H2,1-2H3. The van der Waals surface area contributed by atoms with Gasteiger partial charge in [0.15, 0.2) is 0 Å². The summed E-state index contributed by atoms with van der Waals surface area (Å²) < 4.78 is 0. The lowest BCUT2D eigenvalue weighted by molar-refractivity contribution is -0.385. The highest BCUT2D eigenvalue weighted by molar-refractivity contribution is 5.82. The predicted molar refractivity (Wildman–Crippen MR) is 79.8 cm³/mol. The average molecular weight is 291 g/mol. The van der Waals surface area contributed by atoms with Crippen molar-refractivity contribution in [1.29, 1.82) is 0 Å². The van der Waals surface area contributed by atoms with Crippen LogP contribution in [0.4, 0.5) is 5.69 Å². The summed E-state index contributed by atoms with van der Waals surface area (Å²) in [6, 6.07) is 6.36. The number of carbonyl (C=O) groups is 1. The lowest BCUT2D eigenvalue weighted by Crippen LogP contribution is -2.51. The highest BCUT2D eigenvalue weighted by Crippen LogP contribution is 2.21. The van der Waals surface area contributed by atoms with E-state index in [9.17, 15) is 14.9 Å². The second-order valence-corrected chi connectivity index (χ2v) is 5.63. The number of hydrogen-bond acceptors (Lipinski definition) is 4. The van der Waals surface area contributed by atoms with Crippen molar-refractivity contribution in [3.8, 4) is 0 Å². The Bertz CT molecular complexity index is 533. The quantitative estimate of drug-likeness (QED) is 0.679. The topological polar surface area (TPSA) is 75.5 Å². The molecule has 1 fully saturated rings. The van der Waals surface area contributed by atoms with Gasteiger partial charge in [0.05, 0.1) is 17.5 Å². The normalized spacial score (nSPS) is 21.8. The van der Waals surface area contributed by atoms with E-state index >= 15 is 0 Å². The average Bonchev–Trinajstić information content (AvgIpc) is 2.47. The van der Waals surface area contributed by atoms with Crippen molar-refractivity contribution >= 4 is 11.6 Å². The summed E-state index contributed by atoms with van der Waals surface area (Å²) in [5, 5.41) is 14.3. The molecule has 1 N–H and O–H groups in total. The maximum Gasteiger partial charge on any atom is 0.274 e. The minimum Gasteiger partial charge on any atom is -0.340 e. The molecule has 6 heteroatoms. The number of nitro groups is 1. The van der Waals surface area contributed by atoms with Gasteiger partial charge in [0.2, 0.25) is 5.91 Å². The maximum absolute atomic E-state index is 12.5. The number of likely N-dealkylation sites (N-methyl/N-ethyl adjacent to an activating group) is 1. The molecule has 1 saturated heterocycles. The summed E-state index contributed by atoms with van der Waals surface area (Å²) >= 11 is 0. The fourth-order valence-electron chi connectivity index (χ4n) is 2.77. The lowest BCUT2D eigenvalue weighted by Gasteiger charge is -2.32. The molecule has 1 aliphatic heterocycles. The summed E-state index contributed by atoms with van der Waals surface area (Å²) in [6.45, 7) is 3.16. The van der Waals surface area contributed by atoms with Crippen LogP contribution in [-0.2, 0) is 11.3 Å². The Morgan fingerprint density at radius 2 is 2.19 bits per heavy atom. The van der Waals surface area contributed by atoms with Crippen LogP contribution >= 0.6 is 0 Å². The first-order valence-corrected chi connectivity index (χ1v) is 7.21. The molecular weight excluding hydrogens is 270 g/mol. The third-order valence-electron chi connectivity index (χ3n) is 4.01. The molecule has 1 aliphatic rings. The van der Waals surface area contributed by atoms with Crippen molar-refractivity contribution < 1.29 is 9.72 Å². The second-order valence-electron chi connectivity index (χ2n) is 5.63. The molecule has 1 heterocycles. The molecule has 114 valence electrons. The van der Waals surface area contributed by atoms with Crippen LogP contribution in [-0.4, -0.2) is 35.4 Å². The minimum absolute atomic E-state index is 0.000325. The van der Waals surface area contributed by atoms with Gasteiger partial charge in [-0.15, -0.1) is 0 Å². The summed E-state index contributed by atoms with van der Waals surface area (Å²) in [6.07, 6.45) is 2.11. The number of nitro benzene ring substituents is 1. The highest BCUT2D eigenvalue weighted by Gasteiger charge is 2.30. The lowest BCUT2D eigenvalue weighted by atomic mass is 9.92. The van der Waals surface area contributed by atoms with Gasteiger partial charge in [-0.25, -0.2) is 0 Å². The van der Waals surface area contributed by atoms with Gasteiger partial charge >= 0.3 is 0 Å². The molecule has 0 aromatic heterocycles. The third-order valence-corrected chi connectivity index (χ3v) is 4.01. The number of piperidine rings is 1. The van der Waals surface area contributed by atoms with E-state index in [1.165, 1.54) is 6.07 Å². The Morgan fingerprint density at radius 3 is 2.86 bits per heavy atom. The first-order valence-electron chi connectivity index (χ1n) is 7.21. The Kier molecular flexibility index (Phi) is 4.90. The molecule has 1 aromatic rings. The first kappa shape index (κ1) is 15.4. The fraction of sp³-hybridized carbons (Fsp3) is 0.533. The largest absolute Gasteiger partial charge is 0.340 e. The molecule has 2 rings (SSSR count). The van der Waals surface area contributed by atoms with Gasteiger partial charge in [0.25, 0.3) is 5.69 Å². The molecule has 0 bridgehead atoms. The van der Waals surface area contributed by atoms with Gasteiger partial charge in [0.1, 0.15) is 0 Å². The van der Waals surface area contributed by atoms with Crippen LogP contribution < -0.4 is 5.32 Å². The van der Waals surface area contributed by atoms with Crippen molar-refractivity contribution in [2.75, 3.05) is 13.6 Å². The van der Waals surface area contributed by atoms with Gasteiger partial charge in [-0.1, -0.05) is 25.1 Å². The number of carbonyl (C=O) groups excluding carboxylic acids is 1. The van der Waals surface area contributed by atoms with Crippen LogP contribution in [0.25, 0.3) is 0 Å². The van der Waals surface area contributed by atoms with Crippen molar-refractivity contribution in [2.45, 2.75) is 32.4 Å². The van der Waals surface area contributed by atoms with Crippen molar-refractivity contribution in [1.82, 2.24) is 10.2 Å². The molecule has 0 spiro atoms. The summed E-state index contributed by atoms with van der Waals surface area (Å²) in [5.41, 5.74) is 0.614. The number of nitrogens with one attached hydrogen (secondary N) is 1. The van der Waals surface area contributed by atoms with E-state index in [-0.39, 0.29) is 24.2 Å². The second kappa shape index (κ2) is 6.67. The smallest absolute Gasteiger partial charge is 0.274 e. The number of amides is 1. The molecule has 1 aromatic carbocycles. The van der Waals surface area contributed by atoms with E-state index < -0.39 is 4.92 Å². The number of para-hydroxylation sites is 1. The summed E-state index contributed by atoms with van der Waals surface area (Å²) in [5.74, 6) is 0.291. The van der Waals surface area contributed by atoms with Gasteiger partial charge in [-0.05, 0) is 25.3 Å². The molecule has 6 nitrogen and oxygen atoms in total. The van der Waals surface area contributed by atoms with E-state index in [1.807, 2.05) is 0 Å². The molecule has 2 atom stereocenters. The van der Waals surface area contributed by atoms with E-state index in [1.54, 1.807) is 30.1 Å². The number of nitrogens with zero attached hydrogens (tertiary/aromatic N) is 2. The molecule has 1 amide bonds. The van der Waals surface area contributed by atoms with E-state index in [0.717, 1.165) is 19.4 Å². The molecule has 21 heavy (non-hydrogen) atoms. The number of rotatable bonds is 4. The van der Waals surface area contributed by atoms with Gasteiger partial charge in [0, 0.05) is 18.7 Å². The highest BCUT2D eigenvalue weighted by atomic mass is 16.6. The summed E-state index contributed by atoms with van der Waals surface area (Å²) in [4.78, 5) is 24.7. The third kappa shape index (κ3) is 3.58. The van der Waals surface area contributed by atoms with Crippen LogP contribution in [0.15, 0.2) is 24.3 Å². The van der Waals surface area contributed by atoms with Gasteiger partial charge in [-0.2, -0.15) is 0 Å². The Balaban J connectivity index is 2.09. The van der Waals surface area contributed by atoms with Gasteiger partial charge < -0.3 is 10.2 Å². The zero-order valence-corrected chi connectivity index (χ0v) is 12.4. The molecule has 0 aliphatic carbocycles. The molecule has 0 radical (unpaired) electrons. The number of benzene rings is 1. The molecule has 0 saturated carbocycles. The Morgan fingerprint density at radius 1 is 1.48 bits per heavy atom. The fourth-order valence-corrected chi connectivity index (χ4v) is 2.77. The Hall–Kier alpha value is -1.95. The monoisotopic (exact) mass is 291 g/mol.